The Bertz CT molecular complexity index is 1700. The number of rotatable bonds is 3. The number of aromatic nitrogens is 1. The summed E-state index contributed by atoms with van der Waals surface area (Å²) in [5, 5.41) is 0.537. The van der Waals surface area contributed by atoms with Gasteiger partial charge >= 0.3 is 0 Å². The summed E-state index contributed by atoms with van der Waals surface area (Å²) >= 11 is 6.16. The fourth-order valence-electron chi connectivity index (χ4n) is 5.68. The maximum absolute atomic E-state index is 13.3. The predicted octanol–water partition coefficient (Wildman–Crippen LogP) is 5.27. The number of amides is 2. The second kappa shape index (κ2) is 7.82. The number of primary amides is 1. The van der Waals surface area contributed by atoms with Crippen molar-refractivity contribution in [3.05, 3.63) is 93.3 Å². The molecule has 37 heavy (non-hydrogen) atoms. The average molecular weight is 510 g/mol. The highest BCUT2D eigenvalue weighted by Gasteiger charge is 2.33. The van der Waals surface area contributed by atoms with Crippen LogP contribution in [0.15, 0.2) is 54.7 Å². The molecule has 0 bridgehead atoms. The number of halogens is 1. The van der Waals surface area contributed by atoms with Gasteiger partial charge in [0.1, 0.15) is 5.69 Å². The van der Waals surface area contributed by atoms with E-state index in [1.54, 1.807) is 23.2 Å². The second-order valence-corrected chi connectivity index (χ2v) is 9.86. The molecule has 2 amide bonds. The highest BCUT2D eigenvalue weighted by Crippen LogP contribution is 2.49. The van der Waals surface area contributed by atoms with E-state index in [1.165, 1.54) is 0 Å². The van der Waals surface area contributed by atoms with E-state index in [0.717, 1.165) is 50.2 Å². The largest absolute Gasteiger partial charge is 0.454 e. The van der Waals surface area contributed by atoms with Crippen LogP contribution < -0.4 is 20.1 Å². The van der Waals surface area contributed by atoms with Crippen LogP contribution in [0.25, 0.3) is 22.3 Å². The van der Waals surface area contributed by atoms with Crippen molar-refractivity contribution >= 4 is 29.1 Å². The Morgan fingerprint density at radius 3 is 2.62 bits per heavy atom. The topological polar surface area (TPSA) is 94.8 Å². The van der Waals surface area contributed by atoms with Gasteiger partial charge in [0.05, 0.1) is 6.54 Å². The Morgan fingerprint density at radius 1 is 1.00 bits per heavy atom. The molecule has 3 aliphatic rings. The van der Waals surface area contributed by atoms with Gasteiger partial charge < -0.3 is 20.1 Å². The van der Waals surface area contributed by atoms with Gasteiger partial charge in [-0.05, 0) is 76.2 Å². The summed E-state index contributed by atoms with van der Waals surface area (Å²) in [7, 11) is 0. The van der Waals surface area contributed by atoms with Crippen LogP contribution in [0.1, 0.15) is 43.1 Å². The van der Waals surface area contributed by atoms with Crippen molar-refractivity contribution in [1.82, 2.24) is 4.98 Å². The number of carbonyl (C=O) groups excluding carboxylic acids is 2. The number of anilines is 1. The summed E-state index contributed by atoms with van der Waals surface area (Å²) in [4.78, 5) is 31.8. The fourth-order valence-corrected chi connectivity index (χ4v) is 5.85. The molecule has 3 aromatic carbocycles. The van der Waals surface area contributed by atoms with Crippen LogP contribution in [0.4, 0.5) is 5.69 Å². The van der Waals surface area contributed by atoms with Gasteiger partial charge in [0, 0.05) is 34.5 Å². The van der Waals surface area contributed by atoms with Gasteiger partial charge in [-0.25, -0.2) is 0 Å². The van der Waals surface area contributed by atoms with Crippen LogP contribution >= 0.6 is 11.6 Å². The molecule has 182 valence electrons. The molecule has 0 saturated heterocycles. The fraction of sp³-hybridized carbons (Fsp3) is 0.138. The molecular weight excluding hydrogens is 490 g/mol. The maximum atomic E-state index is 13.3. The van der Waals surface area contributed by atoms with Crippen LogP contribution in [0.2, 0.25) is 5.02 Å². The zero-order valence-electron chi connectivity index (χ0n) is 19.8. The van der Waals surface area contributed by atoms with Gasteiger partial charge in [-0.1, -0.05) is 29.8 Å². The molecule has 8 heteroatoms. The zero-order valence-corrected chi connectivity index (χ0v) is 20.6. The number of carbonyl (C=O) groups is 2. The molecule has 0 saturated carbocycles. The molecule has 3 heterocycles. The van der Waals surface area contributed by atoms with Crippen molar-refractivity contribution in [3.8, 4) is 33.8 Å². The van der Waals surface area contributed by atoms with Gasteiger partial charge in [-0.3, -0.25) is 14.6 Å². The van der Waals surface area contributed by atoms with E-state index < -0.39 is 5.91 Å². The monoisotopic (exact) mass is 509 g/mol. The number of nitrogens with zero attached hydrogens (tertiary/aromatic N) is 2. The summed E-state index contributed by atoms with van der Waals surface area (Å²) in [6.07, 6.45) is 2.21. The Hall–Kier alpha value is -4.36. The van der Waals surface area contributed by atoms with Crippen LogP contribution in [0.3, 0.4) is 0 Å². The van der Waals surface area contributed by atoms with E-state index in [4.69, 9.17) is 26.8 Å². The highest BCUT2D eigenvalue weighted by molar-refractivity contribution is 6.31. The maximum Gasteiger partial charge on any atom is 0.267 e. The van der Waals surface area contributed by atoms with Gasteiger partial charge in [0.25, 0.3) is 11.8 Å². The summed E-state index contributed by atoms with van der Waals surface area (Å²) in [6, 6.07) is 15.2. The SMILES string of the molecule is Cc1c(-c2cnc(C(N)=O)c3c2-c2cc4c(cc2C3)OCO4)cccc1N1Cc2ccc(Cl)cc2C1=O. The van der Waals surface area contributed by atoms with Crippen LogP contribution in [0, 0.1) is 6.92 Å². The summed E-state index contributed by atoms with van der Waals surface area (Å²) in [5.74, 6) is 0.704. The third kappa shape index (κ3) is 3.17. The van der Waals surface area contributed by atoms with Crippen molar-refractivity contribution in [2.75, 3.05) is 11.7 Å². The van der Waals surface area contributed by atoms with Gasteiger partial charge in [0.15, 0.2) is 11.5 Å². The molecule has 7 nitrogen and oxygen atoms in total. The quantitative estimate of drug-likeness (QED) is 0.357. The normalized spacial score (nSPS) is 14.5. The minimum Gasteiger partial charge on any atom is -0.454 e. The minimum atomic E-state index is -0.569. The van der Waals surface area contributed by atoms with Gasteiger partial charge in [-0.15, -0.1) is 0 Å². The minimum absolute atomic E-state index is 0.0803. The molecule has 0 radical (unpaired) electrons. The third-order valence-electron chi connectivity index (χ3n) is 7.41. The Kier molecular flexibility index (Phi) is 4.62. The lowest BCUT2D eigenvalue weighted by Gasteiger charge is -2.22. The average Bonchev–Trinajstić information content (AvgIpc) is 3.58. The predicted molar refractivity (Wildman–Crippen MR) is 139 cm³/mol. The van der Waals surface area contributed by atoms with Gasteiger partial charge in [0.2, 0.25) is 6.79 Å². The van der Waals surface area contributed by atoms with E-state index in [2.05, 4.69) is 4.98 Å². The zero-order chi connectivity index (χ0) is 25.4. The van der Waals surface area contributed by atoms with Crippen molar-refractivity contribution in [2.24, 2.45) is 5.73 Å². The molecule has 0 spiro atoms. The lowest BCUT2D eigenvalue weighted by Crippen LogP contribution is -2.24. The first-order valence-corrected chi connectivity index (χ1v) is 12.2. The Balaban J connectivity index is 1.39. The first-order chi connectivity index (χ1) is 17.9. The molecule has 0 fully saturated rings. The Labute approximate surface area is 217 Å². The standard InChI is InChI=1S/C29H20ClN3O4/c1-14-18(3-2-4-23(14)33-12-15-5-6-17(30)9-20(15)29(33)35)22-11-32-27(28(31)34)21-7-16-8-24-25(37-13-36-24)10-19(16)26(21)22/h2-6,8-11H,7,12-13H2,1H3,(H2,31,34). The summed E-state index contributed by atoms with van der Waals surface area (Å²) in [5.41, 5.74) is 14.7. The van der Waals surface area contributed by atoms with E-state index in [-0.39, 0.29) is 18.4 Å². The smallest absolute Gasteiger partial charge is 0.267 e. The van der Waals surface area contributed by atoms with Crippen molar-refractivity contribution in [3.63, 3.8) is 0 Å². The van der Waals surface area contributed by atoms with E-state index in [0.29, 0.717) is 35.1 Å². The van der Waals surface area contributed by atoms with Crippen LogP contribution in [-0.2, 0) is 13.0 Å². The number of pyridine rings is 1. The molecule has 2 N–H and O–H groups in total. The number of ether oxygens (including phenoxy) is 2. The van der Waals surface area contributed by atoms with Gasteiger partial charge in [-0.2, -0.15) is 0 Å². The van der Waals surface area contributed by atoms with Crippen LogP contribution in [-0.4, -0.2) is 23.6 Å². The number of hydrogen-bond acceptors (Lipinski definition) is 5. The molecular formula is C29H20ClN3O4. The summed E-state index contributed by atoms with van der Waals surface area (Å²) in [6.45, 7) is 2.65. The summed E-state index contributed by atoms with van der Waals surface area (Å²) < 4.78 is 11.2. The van der Waals surface area contributed by atoms with Crippen molar-refractivity contribution in [2.45, 2.75) is 19.9 Å². The van der Waals surface area contributed by atoms with E-state index in [1.807, 2.05) is 43.3 Å². The number of fused-ring (bicyclic) bond motifs is 5. The first kappa shape index (κ1) is 21.9. The van der Waals surface area contributed by atoms with Crippen molar-refractivity contribution in [1.29, 1.82) is 0 Å². The first-order valence-electron chi connectivity index (χ1n) is 11.9. The van der Waals surface area contributed by atoms with E-state index in [9.17, 15) is 9.59 Å². The molecule has 0 atom stereocenters. The van der Waals surface area contributed by atoms with Crippen molar-refractivity contribution < 1.29 is 19.1 Å². The molecule has 2 aliphatic heterocycles. The highest BCUT2D eigenvalue weighted by atomic mass is 35.5. The second-order valence-electron chi connectivity index (χ2n) is 9.42. The van der Waals surface area contributed by atoms with Crippen LogP contribution in [0.5, 0.6) is 11.5 Å². The number of hydrogen-bond donors (Lipinski definition) is 1. The van der Waals surface area contributed by atoms with E-state index >= 15 is 0 Å². The molecule has 7 rings (SSSR count). The lowest BCUT2D eigenvalue weighted by atomic mass is 9.91. The molecule has 1 aliphatic carbocycles. The molecule has 1 aromatic heterocycles. The Morgan fingerprint density at radius 2 is 1.81 bits per heavy atom. The lowest BCUT2D eigenvalue weighted by molar-refractivity contribution is 0.0987. The number of nitrogens with two attached hydrogens (primary N) is 1. The third-order valence-corrected chi connectivity index (χ3v) is 7.65. The molecule has 4 aromatic rings. The number of benzene rings is 3. The molecule has 0 unspecified atom stereocenters.